The molecule has 2 atom stereocenters. The van der Waals surface area contributed by atoms with Gasteiger partial charge >= 0.3 is 11.6 Å². The van der Waals surface area contributed by atoms with Crippen molar-refractivity contribution in [3.63, 3.8) is 0 Å². The van der Waals surface area contributed by atoms with Gasteiger partial charge in [0.05, 0.1) is 0 Å². The summed E-state index contributed by atoms with van der Waals surface area (Å²) in [4.78, 5) is 34.9. The molecule has 0 saturated heterocycles. The molecule has 0 aliphatic heterocycles. The number of unbranched alkanes of at least 4 members (excludes halogenated alkanes) is 1. The quantitative estimate of drug-likeness (QED) is 0.687. The molecule has 1 unspecified atom stereocenters. The Balaban J connectivity index is 2.29. The van der Waals surface area contributed by atoms with Crippen LogP contribution in [0.2, 0.25) is 0 Å². The van der Waals surface area contributed by atoms with Gasteiger partial charge < -0.3 is 19.6 Å². The van der Waals surface area contributed by atoms with E-state index in [1.54, 1.807) is 13.0 Å². The lowest BCUT2D eigenvalue weighted by Crippen LogP contribution is -2.44. The number of hydrogen-bond donors (Lipinski definition) is 2. The van der Waals surface area contributed by atoms with Gasteiger partial charge in [-0.1, -0.05) is 13.3 Å². The predicted molar refractivity (Wildman–Crippen MR) is 101 cm³/mol. The van der Waals surface area contributed by atoms with Crippen molar-refractivity contribution in [2.75, 3.05) is 0 Å². The van der Waals surface area contributed by atoms with Crippen LogP contribution in [0.5, 0.6) is 5.75 Å². The fourth-order valence-corrected chi connectivity index (χ4v) is 2.75. The number of nitrogens with one attached hydrogen (secondary N) is 1. The monoisotopic (exact) mass is 375 g/mol. The summed E-state index contributed by atoms with van der Waals surface area (Å²) < 4.78 is 11.1. The Bertz CT molecular complexity index is 901. The molecule has 0 saturated carbocycles. The Morgan fingerprint density at radius 1 is 1.30 bits per heavy atom. The van der Waals surface area contributed by atoms with Gasteiger partial charge in [0.25, 0.3) is 5.91 Å². The molecule has 0 aliphatic carbocycles. The number of rotatable bonds is 8. The number of carbonyl (C=O) groups excluding carboxylic acids is 1. The molecule has 1 aromatic carbocycles. The van der Waals surface area contributed by atoms with E-state index in [2.05, 4.69) is 12.2 Å². The van der Waals surface area contributed by atoms with Crippen molar-refractivity contribution in [2.24, 2.45) is 0 Å². The van der Waals surface area contributed by atoms with E-state index in [-0.39, 0.29) is 0 Å². The van der Waals surface area contributed by atoms with Crippen molar-refractivity contribution in [3.8, 4) is 5.75 Å². The summed E-state index contributed by atoms with van der Waals surface area (Å²) in [7, 11) is 0. The van der Waals surface area contributed by atoms with Crippen LogP contribution in [0.1, 0.15) is 44.7 Å². The number of benzene rings is 1. The highest BCUT2D eigenvalue weighted by Crippen LogP contribution is 2.29. The van der Waals surface area contributed by atoms with E-state index in [4.69, 9.17) is 14.3 Å². The summed E-state index contributed by atoms with van der Waals surface area (Å²) in [6, 6.07) is 4.05. The number of amides is 1. The topological polar surface area (TPSA) is 106 Å². The van der Waals surface area contributed by atoms with E-state index >= 15 is 0 Å². The van der Waals surface area contributed by atoms with Crippen LogP contribution in [0, 0.1) is 6.92 Å². The Morgan fingerprint density at radius 2 is 2.00 bits per heavy atom. The number of hydrogen-bond acceptors (Lipinski definition) is 5. The highest BCUT2D eigenvalue weighted by Gasteiger charge is 2.21. The second kappa shape index (κ2) is 8.70. The Hall–Kier alpha value is -2.83. The van der Waals surface area contributed by atoms with Crippen molar-refractivity contribution >= 4 is 22.8 Å². The van der Waals surface area contributed by atoms with Crippen LogP contribution in [0.25, 0.3) is 11.0 Å². The SMILES string of the molecule is CCCCc1cc(=O)oc2c(C)c(OC(C)C(=O)N[C@@H](C)C(=O)O)ccc12. The maximum absolute atomic E-state index is 12.1. The first-order chi connectivity index (χ1) is 12.7. The van der Waals surface area contributed by atoms with Gasteiger partial charge in [-0.05, 0) is 51.3 Å². The zero-order valence-electron chi connectivity index (χ0n) is 16.0. The number of aliphatic carboxylic acids is 1. The third-order valence-electron chi connectivity index (χ3n) is 4.40. The third-order valence-corrected chi connectivity index (χ3v) is 4.40. The molecule has 7 heteroatoms. The van der Waals surface area contributed by atoms with Crippen molar-refractivity contribution in [3.05, 3.63) is 39.7 Å². The fourth-order valence-electron chi connectivity index (χ4n) is 2.75. The molecule has 0 fully saturated rings. The number of fused-ring (bicyclic) bond motifs is 1. The highest BCUT2D eigenvalue weighted by molar-refractivity contribution is 5.87. The number of carboxylic acid groups (broad SMARTS) is 1. The molecule has 1 amide bonds. The number of ether oxygens (including phenoxy) is 1. The molecule has 1 heterocycles. The van der Waals surface area contributed by atoms with E-state index < -0.39 is 29.6 Å². The van der Waals surface area contributed by atoms with E-state index in [1.165, 1.54) is 19.9 Å². The van der Waals surface area contributed by atoms with Crippen LogP contribution in [0.3, 0.4) is 0 Å². The molecule has 27 heavy (non-hydrogen) atoms. The zero-order valence-corrected chi connectivity index (χ0v) is 16.0. The van der Waals surface area contributed by atoms with Crippen molar-refractivity contribution < 1.29 is 23.8 Å². The lowest BCUT2D eigenvalue weighted by molar-refractivity contribution is -0.142. The molecule has 2 aromatic rings. The molecule has 7 nitrogen and oxygen atoms in total. The Morgan fingerprint density at radius 3 is 2.63 bits per heavy atom. The predicted octanol–water partition coefficient (Wildman–Crippen LogP) is 2.80. The van der Waals surface area contributed by atoms with Gasteiger partial charge in [0, 0.05) is 17.0 Å². The van der Waals surface area contributed by atoms with Gasteiger partial charge in [0.15, 0.2) is 6.10 Å². The third kappa shape index (κ3) is 4.87. The smallest absolute Gasteiger partial charge is 0.336 e. The first kappa shape index (κ1) is 20.5. The van der Waals surface area contributed by atoms with Crippen molar-refractivity contribution in [2.45, 2.75) is 59.1 Å². The lowest BCUT2D eigenvalue weighted by Gasteiger charge is -2.18. The van der Waals surface area contributed by atoms with Crippen LogP contribution in [-0.2, 0) is 16.0 Å². The standard InChI is InChI=1S/C20H25NO6/c1-5-6-7-14-10-17(22)27-18-11(2)16(9-8-15(14)18)26-13(4)19(23)21-12(3)20(24)25/h8-10,12-13H,5-7H2,1-4H3,(H,21,23)(H,24,25)/t12-,13?/m0/s1. The minimum atomic E-state index is -1.13. The number of aryl methyl sites for hydroxylation is 2. The molecule has 0 aliphatic rings. The molecule has 146 valence electrons. The Labute approximate surface area is 157 Å². The molecular weight excluding hydrogens is 350 g/mol. The summed E-state index contributed by atoms with van der Waals surface area (Å²) >= 11 is 0. The second-order valence-corrected chi connectivity index (χ2v) is 6.59. The highest BCUT2D eigenvalue weighted by atomic mass is 16.5. The van der Waals surface area contributed by atoms with Crippen LogP contribution in [-0.4, -0.2) is 29.1 Å². The molecule has 1 aromatic heterocycles. The minimum Gasteiger partial charge on any atom is -0.480 e. The van der Waals surface area contributed by atoms with Crippen LogP contribution in [0.15, 0.2) is 27.4 Å². The average molecular weight is 375 g/mol. The van der Waals surface area contributed by atoms with Crippen molar-refractivity contribution in [1.29, 1.82) is 0 Å². The van der Waals surface area contributed by atoms with E-state index in [0.717, 1.165) is 30.2 Å². The van der Waals surface area contributed by atoms with Gasteiger partial charge in [-0.15, -0.1) is 0 Å². The van der Waals surface area contributed by atoms with Gasteiger partial charge in [-0.2, -0.15) is 0 Å². The first-order valence-electron chi connectivity index (χ1n) is 9.00. The summed E-state index contributed by atoms with van der Waals surface area (Å²) in [5.74, 6) is -1.26. The van der Waals surface area contributed by atoms with Crippen molar-refractivity contribution in [1.82, 2.24) is 5.32 Å². The van der Waals surface area contributed by atoms with E-state index in [0.29, 0.717) is 16.9 Å². The minimum absolute atomic E-state index is 0.406. The molecule has 0 bridgehead atoms. The maximum Gasteiger partial charge on any atom is 0.336 e. The normalized spacial score (nSPS) is 13.2. The van der Waals surface area contributed by atoms with Gasteiger partial charge in [-0.3, -0.25) is 9.59 Å². The maximum atomic E-state index is 12.1. The zero-order chi connectivity index (χ0) is 20.1. The van der Waals surface area contributed by atoms with Crippen LogP contribution < -0.4 is 15.7 Å². The van der Waals surface area contributed by atoms with Crippen LogP contribution >= 0.6 is 0 Å². The molecule has 0 radical (unpaired) electrons. The second-order valence-electron chi connectivity index (χ2n) is 6.59. The summed E-state index contributed by atoms with van der Waals surface area (Å²) in [5, 5.41) is 12.1. The lowest BCUT2D eigenvalue weighted by atomic mass is 10.0. The first-order valence-corrected chi connectivity index (χ1v) is 9.00. The fraction of sp³-hybridized carbons (Fsp3) is 0.450. The van der Waals surface area contributed by atoms with E-state index in [1.807, 2.05) is 6.07 Å². The molecule has 2 rings (SSSR count). The van der Waals surface area contributed by atoms with Gasteiger partial charge in [0.2, 0.25) is 0 Å². The van der Waals surface area contributed by atoms with Crippen LogP contribution in [0.4, 0.5) is 0 Å². The summed E-state index contributed by atoms with van der Waals surface area (Å²) in [6.45, 7) is 6.75. The van der Waals surface area contributed by atoms with E-state index in [9.17, 15) is 14.4 Å². The average Bonchev–Trinajstić information content (AvgIpc) is 2.62. The molecular formula is C20H25NO6. The molecule has 2 N–H and O–H groups in total. The summed E-state index contributed by atoms with van der Waals surface area (Å²) in [6.07, 6.45) is 1.86. The number of carbonyl (C=O) groups is 2. The largest absolute Gasteiger partial charge is 0.480 e. The molecule has 0 spiro atoms. The van der Waals surface area contributed by atoms with Gasteiger partial charge in [0.1, 0.15) is 17.4 Å². The summed E-state index contributed by atoms with van der Waals surface area (Å²) in [5.41, 5.74) is 1.57. The Kier molecular flexibility index (Phi) is 6.60. The number of carboxylic acids is 1. The van der Waals surface area contributed by atoms with Gasteiger partial charge in [-0.25, -0.2) is 4.79 Å².